The molecule has 2 aromatic carbocycles. The van der Waals surface area contributed by atoms with Gasteiger partial charge in [-0.3, -0.25) is 0 Å². The summed E-state index contributed by atoms with van der Waals surface area (Å²) in [6.07, 6.45) is 2.66. The molecule has 1 nitrogen and oxygen atoms in total. The summed E-state index contributed by atoms with van der Waals surface area (Å²) in [6, 6.07) is 18.7. The van der Waals surface area contributed by atoms with E-state index in [1.165, 1.54) is 16.7 Å². The largest absolute Gasteiger partial charge is 0.390 e. The highest BCUT2D eigenvalue weighted by Crippen LogP contribution is 2.40. The Morgan fingerprint density at radius 2 is 1.53 bits per heavy atom. The summed E-state index contributed by atoms with van der Waals surface area (Å²) in [5.41, 5.74) is 3.30. The highest BCUT2D eigenvalue weighted by Gasteiger charge is 2.40. The van der Waals surface area contributed by atoms with Gasteiger partial charge >= 0.3 is 0 Å². The lowest BCUT2D eigenvalue weighted by molar-refractivity contribution is 0.151. The normalized spacial score (nSPS) is 16.8. The molecule has 1 aliphatic carbocycles. The van der Waals surface area contributed by atoms with Gasteiger partial charge in [0, 0.05) is 6.42 Å². The smallest absolute Gasteiger partial charge is 0.0690 e. The van der Waals surface area contributed by atoms with Gasteiger partial charge in [-0.15, -0.1) is 0 Å². The summed E-state index contributed by atoms with van der Waals surface area (Å²) < 4.78 is 0. The van der Waals surface area contributed by atoms with Crippen LogP contribution in [0.2, 0.25) is 0 Å². The van der Waals surface area contributed by atoms with Crippen LogP contribution in [-0.2, 0) is 6.42 Å². The molecule has 1 heteroatoms. The van der Waals surface area contributed by atoms with Crippen molar-refractivity contribution in [3.05, 3.63) is 60.2 Å². The molecular weight excluding hydrogens is 208 g/mol. The summed E-state index contributed by atoms with van der Waals surface area (Å²) in [6.45, 7) is 0. The molecule has 0 amide bonds. The minimum absolute atomic E-state index is 0.426. The third kappa shape index (κ3) is 2.25. The van der Waals surface area contributed by atoms with Crippen molar-refractivity contribution in [3.8, 4) is 11.1 Å². The highest BCUT2D eigenvalue weighted by molar-refractivity contribution is 5.67. The lowest BCUT2D eigenvalue weighted by Crippen LogP contribution is -2.11. The first kappa shape index (κ1) is 10.5. The molecular formula is C16H16O. The second kappa shape index (κ2) is 4.01. The first-order valence-corrected chi connectivity index (χ1v) is 6.13. The quantitative estimate of drug-likeness (QED) is 0.847. The van der Waals surface area contributed by atoms with Crippen molar-refractivity contribution < 1.29 is 5.11 Å². The second-order valence-corrected chi connectivity index (χ2v) is 4.92. The summed E-state index contributed by atoms with van der Waals surface area (Å²) in [5.74, 6) is 0. The third-order valence-corrected chi connectivity index (χ3v) is 3.45. The van der Waals surface area contributed by atoms with Gasteiger partial charge in [-0.1, -0.05) is 54.6 Å². The summed E-state index contributed by atoms with van der Waals surface area (Å²) >= 11 is 0. The molecule has 0 radical (unpaired) electrons. The van der Waals surface area contributed by atoms with Gasteiger partial charge in [0.2, 0.25) is 0 Å². The van der Waals surface area contributed by atoms with Gasteiger partial charge in [0.1, 0.15) is 0 Å². The molecule has 17 heavy (non-hydrogen) atoms. The molecule has 0 aliphatic heterocycles. The van der Waals surface area contributed by atoms with Crippen LogP contribution in [0.5, 0.6) is 0 Å². The van der Waals surface area contributed by atoms with Crippen molar-refractivity contribution in [1.29, 1.82) is 0 Å². The molecule has 86 valence electrons. The Hall–Kier alpha value is -1.60. The molecule has 0 spiro atoms. The monoisotopic (exact) mass is 224 g/mol. The molecule has 0 aromatic heterocycles. The molecule has 0 bridgehead atoms. The van der Waals surface area contributed by atoms with E-state index in [9.17, 15) is 5.11 Å². The number of aliphatic hydroxyl groups is 1. The summed E-state index contributed by atoms with van der Waals surface area (Å²) in [5, 5.41) is 10.1. The Kier molecular flexibility index (Phi) is 2.49. The average Bonchev–Trinajstić information content (AvgIpc) is 3.09. The Morgan fingerprint density at radius 3 is 2.24 bits per heavy atom. The van der Waals surface area contributed by atoms with Crippen LogP contribution >= 0.6 is 0 Å². The van der Waals surface area contributed by atoms with E-state index in [1.54, 1.807) is 0 Å². The number of benzene rings is 2. The summed E-state index contributed by atoms with van der Waals surface area (Å²) in [7, 11) is 0. The minimum Gasteiger partial charge on any atom is -0.390 e. The maximum atomic E-state index is 10.1. The molecule has 1 aliphatic rings. The van der Waals surface area contributed by atoms with Crippen LogP contribution in [0.25, 0.3) is 11.1 Å². The van der Waals surface area contributed by atoms with E-state index in [1.807, 2.05) is 12.1 Å². The zero-order chi connectivity index (χ0) is 11.7. The van der Waals surface area contributed by atoms with Crippen molar-refractivity contribution in [3.63, 3.8) is 0 Å². The van der Waals surface area contributed by atoms with E-state index in [2.05, 4.69) is 42.5 Å². The van der Waals surface area contributed by atoms with E-state index >= 15 is 0 Å². The Balaban J connectivity index is 1.99. The fraction of sp³-hybridized carbons (Fsp3) is 0.250. The Labute approximate surface area is 102 Å². The Morgan fingerprint density at radius 1 is 0.882 bits per heavy atom. The molecule has 3 rings (SSSR count). The van der Waals surface area contributed by atoms with E-state index in [-0.39, 0.29) is 0 Å². The number of rotatable bonds is 3. The van der Waals surface area contributed by atoms with Crippen molar-refractivity contribution in [2.24, 2.45) is 0 Å². The van der Waals surface area contributed by atoms with Crippen LogP contribution in [0.1, 0.15) is 18.4 Å². The van der Waals surface area contributed by atoms with E-state index in [4.69, 9.17) is 0 Å². The lowest BCUT2D eigenvalue weighted by Gasteiger charge is -2.12. The van der Waals surface area contributed by atoms with Gasteiger partial charge in [0.05, 0.1) is 5.60 Å². The zero-order valence-corrected chi connectivity index (χ0v) is 9.76. The van der Waals surface area contributed by atoms with Crippen molar-refractivity contribution in [2.45, 2.75) is 24.9 Å². The fourth-order valence-corrected chi connectivity index (χ4v) is 2.25. The van der Waals surface area contributed by atoms with E-state index in [0.29, 0.717) is 0 Å². The first-order valence-electron chi connectivity index (χ1n) is 6.13. The van der Waals surface area contributed by atoms with E-state index in [0.717, 1.165) is 19.3 Å². The molecule has 2 aromatic rings. The van der Waals surface area contributed by atoms with Gasteiger partial charge in [-0.05, 0) is 29.5 Å². The fourth-order valence-electron chi connectivity index (χ4n) is 2.25. The maximum Gasteiger partial charge on any atom is 0.0690 e. The van der Waals surface area contributed by atoms with Gasteiger partial charge in [0.15, 0.2) is 0 Å². The van der Waals surface area contributed by atoms with Gasteiger partial charge in [-0.2, -0.15) is 0 Å². The molecule has 1 N–H and O–H groups in total. The molecule has 1 saturated carbocycles. The van der Waals surface area contributed by atoms with E-state index < -0.39 is 5.60 Å². The highest BCUT2D eigenvalue weighted by atomic mass is 16.3. The van der Waals surface area contributed by atoms with Crippen molar-refractivity contribution >= 4 is 0 Å². The van der Waals surface area contributed by atoms with Gasteiger partial charge in [0.25, 0.3) is 0 Å². The molecule has 0 heterocycles. The van der Waals surface area contributed by atoms with Crippen LogP contribution in [0.4, 0.5) is 0 Å². The average molecular weight is 224 g/mol. The lowest BCUT2D eigenvalue weighted by atomic mass is 9.95. The Bertz CT molecular complexity index is 512. The third-order valence-electron chi connectivity index (χ3n) is 3.45. The molecule has 0 unspecified atom stereocenters. The predicted molar refractivity (Wildman–Crippen MR) is 69.8 cm³/mol. The topological polar surface area (TPSA) is 20.2 Å². The van der Waals surface area contributed by atoms with Crippen LogP contribution in [0, 0.1) is 0 Å². The van der Waals surface area contributed by atoms with Gasteiger partial charge in [-0.25, -0.2) is 0 Å². The standard InChI is InChI=1S/C16H16O/c17-16(10-11-16)12-14-8-4-5-9-15(14)13-6-2-1-3-7-13/h1-9,17H,10-12H2. The second-order valence-electron chi connectivity index (χ2n) is 4.92. The zero-order valence-electron chi connectivity index (χ0n) is 9.76. The van der Waals surface area contributed by atoms with Gasteiger partial charge < -0.3 is 5.11 Å². The predicted octanol–water partition coefficient (Wildman–Crippen LogP) is 3.42. The molecule has 0 atom stereocenters. The van der Waals surface area contributed by atoms with Crippen LogP contribution in [0.3, 0.4) is 0 Å². The van der Waals surface area contributed by atoms with Crippen LogP contribution < -0.4 is 0 Å². The number of hydrogen-bond acceptors (Lipinski definition) is 1. The maximum absolute atomic E-state index is 10.1. The molecule has 1 fully saturated rings. The van der Waals surface area contributed by atoms with Crippen LogP contribution in [0.15, 0.2) is 54.6 Å². The minimum atomic E-state index is -0.426. The molecule has 0 saturated heterocycles. The van der Waals surface area contributed by atoms with Crippen LogP contribution in [-0.4, -0.2) is 10.7 Å². The SMILES string of the molecule is OC1(Cc2ccccc2-c2ccccc2)CC1. The number of hydrogen-bond donors (Lipinski definition) is 1. The summed E-state index contributed by atoms with van der Waals surface area (Å²) in [4.78, 5) is 0. The van der Waals surface area contributed by atoms with Crippen molar-refractivity contribution in [1.82, 2.24) is 0 Å². The first-order chi connectivity index (χ1) is 8.27. The van der Waals surface area contributed by atoms with Crippen molar-refractivity contribution in [2.75, 3.05) is 0 Å².